The maximum atomic E-state index is 12.8. The van der Waals surface area contributed by atoms with Crippen LogP contribution in [-0.4, -0.2) is 46.9 Å². The number of aliphatic hydroxyl groups is 1. The average molecular weight is 422 g/mol. The Labute approximate surface area is 178 Å². The Morgan fingerprint density at radius 1 is 1.00 bits per heavy atom. The summed E-state index contributed by atoms with van der Waals surface area (Å²) >= 11 is 0. The highest BCUT2D eigenvalue weighted by atomic mass is 16.8. The van der Waals surface area contributed by atoms with Crippen LogP contribution in [0.5, 0.6) is 0 Å². The van der Waals surface area contributed by atoms with Gasteiger partial charge in [0, 0.05) is 12.3 Å². The minimum Gasteiger partial charge on any atom is -0.461 e. The molecule has 31 heavy (non-hydrogen) atoms. The molecule has 6 aliphatic rings. The number of carbonyl (C=O) groups excluding carboxylic acids is 2. The SMILES string of the molecule is CC12CC3(OC(=O)c4ccccc4)OC(O1)C1(COC(=O)c4ccccc4)C3CC21O. The normalized spacial score (nSPS) is 41.0. The van der Waals surface area contributed by atoms with Crippen LogP contribution in [0.4, 0.5) is 0 Å². The minimum absolute atomic E-state index is 0.0766. The third-order valence-electron chi connectivity index (χ3n) is 7.70. The predicted octanol–water partition coefficient (Wildman–Crippen LogP) is 2.68. The molecule has 7 heteroatoms. The van der Waals surface area contributed by atoms with E-state index in [1.807, 2.05) is 19.1 Å². The molecular weight excluding hydrogens is 400 g/mol. The number of rotatable bonds is 5. The van der Waals surface area contributed by atoms with Crippen molar-refractivity contribution in [2.45, 2.75) is 43.0 Å². The van der Waals surface area contributed by atoms with E-state index < -0.39 is 40.6 Å². The number of carbonyl (C=O) groups is 2. The molecule has 6 unspecified atom stereocenters. The quantitative estimate of drug-likeness (QED) is 0.741. The van der Waals surface area contributed by atoms with E-state index in [2.05, 4.69) is 0 Å². The fraction of sp³-hybridized carbons (Fsp3) is 0.417. The van der Waals surface area contributed by atoms with Gasteiger partial charge in [0.2, 0.25) is 5.79 Å². The van der Waals surface area contributed by atoms with E-state index in [0.717, 1.165) is 0 Å². The summed E-state index contributed by atoms with van der Waals surface area (Å²) in [6.07, 6.45) is -0.239. The van der Waals surface area contributed by atoms with Crippen LogP contribution in [0.2, 0.25) is 0 Å². The van der Waals surface area contributed by atoms with Crippen molar-refractivity contribution in [1.29, 1.82) is 0 Å². The molecule has 2 aromatic carbocycles. The Balaban J connectivity index is 1.29. The Morgan fingerprint density at radius 3 is 2.26 bits per heavy atom. The van der Waals surface area contributed by atoms with E-state index in [9.17, 15) is 14.7 Å². The van der Waals surface area contributed by atoms with Crippen LogP contribution >= 0.6 is 0 Å². The summed E-state index contributed by atoms with van der Waals surface area (Å²) in [7, 11) is 0. The number of benzene rings is 2. The lowest BCUT2D eigenvalue weighted by atomic mass is 9.41. The lowest BCUT2D eigenvalue weighted by Crippen LogP contribution is -2.79. The van der Waals surface area contributed by atoms with E-state index in [1.165, 1.54) is 0 Å². The first-order chi connectivity index (χ1) is 14.8. The van der Waals surface area contributed by atoms with E-state index in [1.54, 1.807) is 48.5 Å². The van der Waals surface area contributed by atoms with Crippen molar-refractivity contribution in [2.24, 2.45) is 11.3 Å². The molecule has 0 radical (unpaired) electrons. The van der Waals surface area contributed by atoms with E-state index >= 15 is 0 Å². The Hall–Kier alpha value is -2.74. The molecule has 6 atom stereocenters. The van der Waals surface area contributed by atoms with Crippen LogP contribution in [0.25, 0.3) is 0 Å². The molecule has 3 aliphatic carbocycles. The second-order valence-electron chi connectivity index (χ2n) is 9.14. The van der Waals surface area contributed by atoms with Gasteiger partial charge >= 0.3 is 11.9 Å². The van der Waals surface area contributed by atoms with Gasteiger partial charge in [-0.05, 0) is 37.6 Å². The van der Waals surface area contributed by atoms with Crippen molar-refractivity contribution < 1.29 is 33.6 Å². The molecule has 2 aromatic rings. The number of ether oxygens (including phenoxy) is 4. The maximum absolute atomic E-state index is 12.8. The number of hydrogen-bond acceptors (Lipinski definition) is 7. The van der Waals surface area contributed by atoms with Crippen molar-refractivity contribution in [3.8, 4) is 0 Å². The summed E-state index contributed by atoms with van der Waals surface area (Å²) in [4.78, 5) is 25.4. The van der Waals surface area contributed by atoms with Crippen molar-refractivity contribution in [2.75, 3.05) is 6.61 Å². The molecule has 6 bridgehead atoms. The molecule has 3 saturated carbocycles. The van der Waals surface area contributed by atoms with Crippen molar-refractivity contribution in [3.05, 3.63) is 71.8 Å². The van der Waals surface area contributed by atoms with Gasteiger partial charge in [0.15, 0.2) is 6.29 Å². The second kappa shape index (κ2) is 5.94. The summed E-state index contributed by atoms with van der Waals surface area (Å²) in [5.74, 6) is -2.52. The van der Waals surface area contributed by atoms with Crippen molar-refractivity contribution >= 4 is 11.9 Å². The summed E-state index contributed by atoms with van der Waals surface area (Å²) in [5, 5.41) is 11.6. The van der Waals surface area contributed by atoms with E-state index in [-0.39, 0.29) is 18.9 Å². The molecular formula is C24H22O7. The van der Waals surface area contributed by atoms with E-state index in [0.29, 0.717) is 17.5 Å². The fourth-order valence-corrected chi connectivity index (χ4v) is 6.15. The standard InChI is InChI=1S/C24H22O7/c1-21-13-23(29-19(26)16-10-6-3-7-11-16)17-12-24(21,27)22(17,20(30-21)31-23)14-28-18(25)15-8-4-2-5-9-15/h2-11,17,20,27H,12-14H2,1H3. The fourth-order valence-electron chi connectivity index (χ4n) is 6.15. The molecule has 3 aliphatic heterocycles. The molecule has 1 N–H and O–H groups in total. The first kappa shape index (κ1) is 19.0. The van der Waals surface area contributed by atoms with Gasteiger partial charge in [0.1, 0.15) is 17.8 Å². The van der Waals surface area contributed by atoms with Crippen LogP contribution in [0.1, 0.15) is 40.5 Å². The molecule has 160 valence electrons. The highest BCUT2D eigenvalue weighted by Crippen LogP contribution is 2.81. The van der Waals surface area contributed by atoms with Crippen LogP contribution in [0, 0.1) is 11.3 Å². The van der Waals surface area contributed by atoms with Gasteiger partial charge in [-0.15, -0.1) is 0 Å². The molecule has 0 amide bonds. The lowest BCUT2D eigenvalue weighted by molar-refractivity contribution is -0.381. The third kappa shape index (κ3) is 2.18. The molecule has 8 rings (SSSR count). The smallest absolute Gasteiger partial charge is 0.340 e. The van der Waals surface area contributed by atoms with Crippen molar-refractivity contribution in [3.63, 3.8) is 0 Å². The molecule has 3 heterocycles. The molecule has 0 spiro atoms. The summed E-state index contributed by atoms with van der Waals surface area (Å²) in [6, 6.07) is 17.4. The molecule has 3 saturated heterocycles. The maximum Gasteiger partial charge on any atom is 0.340 e. The largest absolute Gasteiger partial charge is 0.461 e. The zero-order chi connectivity index (χ0) is 21.5. The lowest BCUT2D eigenvalue weighted by Gasteiger charge is -2.65. The summed E-state index contributed by atoms with van der Waals surface area (Å²) in [6.45, 7) is 1.73. The van der Waals surface area contributed by atoms with Gasteiger partial charge in [-0.2, -0.15) is 0 Å². The van der Waals surface area contributed by atoms with Gasteiger partial charge in [0.05, 0.1) is 16.5 Å². The average Bonchev–Trinajstić information content (AvgIpc) is 2.97. The highest BCUT2D eigenvalue weighted by molar-refractivity contribution is 5.90. The minimum atomic E-state index is -1.22. The molecule has 7 nitrogen and oxygen atoms in total. The number of hydrogen-bond donors (Lipinski definition) is 1. The second-order valence-corrected chi connectivity index (χ2v) is 9.14. The summed E-state index contributed by atoms with van der Waals surface area (Å²) in [5.41, 5.74) is -2.29. The zero-order valence-corrected chi connectivity index (χ0v) is 16.9. The number of esters is 2. The van der Waals surface area contributed by atoms with Gasteiger partial charge in [-0.3, -0.25) is 0 Å². The van der Waals surface area contributed by atoms with Gasteiger partial charge in [-0.25, -0.2) is 9.59 Å². The molecule has 6 fully saturated rings. The first-order valence-electron chi connectivity index (χ1n) is 10.4. The van der Waals surface area contributed by atoms with Crippen molar-refractivity contribution in [1.82, 2.24) is 0 Å². The Kier molecular flexibility index (Phi) is 3.64. The van der Waals surface area contributed by atoms with Gasteiger partial charge < -0.3 is 24.1 Å². The highest BCUT2D eigenvalue weighted by Gasteiger charge is 2.94. The van der Waals surface area contributed by atoms with Gasteiger partial charge in [0.25, 0.3) is 0 Å². The van der Waals surface area contributed by atoms with Crippen LogP contribution in [-0.2, 0) is 18.9 Å². The molecule has 0 aromatic heterocycles. The topological polar surface area (TPSA) is 91.3 Å². The van der Waals surface area contributed by atoms with Gasteiger partial charge in [-0.1, -0.05) is 36.4 Å². The van der Waals surface area contributed by atoms with Crippen LogP contribution in [0.3, 0.4) is 0 Å². The first-order valence-corrected chi connectivity index (χ1v) is 10.4. The van der Waals surface area contributed by atoms with Crippen LogP contribution < -0.4 is 0 Å². The Morgan fingerprint density at radius 2 is 1.61 bits per heavy atom. The van der Waals surface area contributed by atoms with E-state index in [4.69, 9.17) is 18.9 Å². The zero-order valence-electron chi connectivity index (χ0n) is 16.9. The van der Waals surface area contributed by atoms with Crippen LogP contribution in [0.15, 0.2) is 60.7 Å². The Bertz CT molecular complexity index is 1070. The monoisotopic (exact) mass is 422 g/mol. The summed E-state index contributed by atoms with van der Waals surface area (Å²) < 4.78 is 23.8. The third-order valence-corrected chi connectivity index (χ3v) is 7.70. The predicted molar refractivity (Wildman–Crippen MR) is 106 cm³/mol.